The van der Waals surface area contributed by atoms with Crippen molar-refractivity contribution in [1.29, 1.82) is 0 Å². The largest absolute Gasteiger partial charge is 0.490 e. The smallest absolute Gasteiger partial charge is 0.119 e. The number of benzene rings is 9. The number of hydrogen-bond acceptors (Lipinski definition) is 2. The van der Waals surface area contributed by atoms with Crippen LogP contribution in [-0.4, -0.2) is 6.61 Å². The van der Waals surface area contributed by atoms with Crippen molar-refractivity contribution in [2.24, 2.45) is 0 Å². The van der Waals surface area contributed by atoms with Gasteiger partial charge >= 0.3 is 0 Å². The summed E-state index contributed by atoms with van der Waals surface area (Å²) >= 11 is 0. The molecular weight excluding hydrogens is 727 g/mol. The van der Waals surface area contributed by atoms with Crippen LogP contribution >= 0.6 is 0 Å². The number of hydrogen-bond donors (Lipinski definition) is 0. The van der Waals surface area contributed by atoms with E-state index in [9.17, 15) is 0 Å². The summed E-state index contributed by atoms with van der Waals surface area (Å²) in [6.45, 7) is 8.98. The van der Waals surface area contributed by atoms with Crippen LogP contribution in [0.15, 0.2) is 219 Å². The Morgan fingerprint density at radius 3 is 1.45 bits per heavy atom. The minimum atomic E-state index is -0.187. The Balaban J connectivity index is 0.985. The van der Waals surface area contributed by atoms with Gasteiger partial charge in [0.1, 0.15) is 12.4 Å². The van der Waals surface area contributed by atoms with Gasteiger partial charge in [-0.3, -0.25) is 0 Å². The average molecular weight is 772 g/mol. The summed E-state index contributed by atoms with van der Waals surface area (Å²) in [4.78, 5) is 2.39. The van der Waals surface area contributed by atoms with Gasteiger partial charge in [-0.25, -0.2) is 0 Å². The molecule has 0 aromatic heterocycles. The fourth-order valence-electron chi connectivity index (χ4n) is 8.85. The molecule has 10 rings (SSSR count). The molecular formula is C58H45NO. The maximum atomic E-state index is 5.68. The molecule has 9 aromatic carbocycles. The fraction of sp³-hybridized carbons (Fsp3) is 0.0690. The number of nitrogens with zero attached hydrogens (tertiary/aromatic N) is 1. The van der Waals surface area contributed by atoms with E-state index < -0.39 is 0 Å². The molecule has 0 unspecified atom stereocenters. The first-order valence-corrected chi connectivity index (χ1v) is 20.7. The Hall–Kier alpha value is -7.42. The second-order valence-corrected chi connectivity index (χ2v) is 16.2. The number of anilines is 3. The molecule has 2 heteroatoms. The van der Waals surface area contributed by atoms with Crippen LogP contribution in [0.5, 0.6) is 5.75 Å². The van der Waals surface area contributed by atoms with Gasteiger partial charge in [0.2, 0.25) is 0 Å². The molecule has 1 aliphatic carbocycles. The van der Waals surface area contributed by atoms with E-state index in [1.54, 1.807) is 6.08 Å². The molecule has 0 saturated carbocycles. The maximum Gasteiger partial charge on any atom is 0.119 e. The van der Waals surface area contributed by atoms with E-state index in [4.69, 9.17) is 4.74 Å². The van der Waals surface area contributed by atoms with Gasteiger partial charge in [0.05, 0.1) is 0 Å². The molecule has 0 fully saturated rings. The summed E-state index contributed by atoms with van der Waals surface area (Å²) in [6.07, 6.45) is 1.76. The van der Waals surface area contributed by atoms with Gasteiger partial charge in [0.15, 0.2) is 0 Å². The molecule has 1 aliphatic rings. The van der Waals surface area contributed by atoms with Crippen LogP contribution < -0.4 is 9.64 Å². The van der Waals surface area contributed by atoms with Crippen molar-refractivity contribution in [2.75, 3.05) is 11.5 Å². The molecule has 0 heterocycles. The Morgan fingerprint density at radius 2 is 0.850 bits per heavy atom. The molecule has 0 saturated heterocycles. The first kappa shape index (κ1) is 36.9. The average Bonchev–Trinajstić information content (AvgIpc) is 3.53. The van der Waals surface area contributed by atoms with E-state index in [-0.39, 0.29) is 5.41 Å². The van der Waals surface area contributed by atoms with E-state index in [1.165, 1.54) is 72.0 Å². The molecule has 60 heavy (non-hydrogen) atoms. The first-order valence-electron chi connectivity index (χ1n) is 20.7. The van der Waals surface area contributed by atoms with Gasteiger partial charge in [0.25, 0.3) is 0 Å². The minimum Gasteiger partial charge on any atom is -0.490 e. The standard InChI is InChI=1S/C58H45NO/c1-4-36-60-53-32-24-46(25-33-53)43-16-14-42(15-17-43)45-22-29-51(30-23-45)59(50-27-20-44(21-28-50)40-10-6-5-7-11-40)52-31-35-55-54-34-26-49(38-56(54)58(2,3)57(55)39-52)48-19-18-41-12-8-9-13-47(41)37-48/h4-35,37-39H,1,36H2,2-3H3. The molecule has 2 nitrogen and oxygen atoms in total. The highest BCUT2D eigenvalue weighted by Crippen LogP contribution is 2.52. The summed E-state index contributed by atoms with van der Waals surface area (Å²) in [7, 11) is 0. The quantitative estimate of drug-likeness (QED) is 0.128. The summed E-state index contributed by atoms with van der Waals surface area (Å²) < 4.78 is 5.68. The summed E-state index contributed by atoms with van der Waals surface area (Å²) in [5, 5.41) is 2.53. The zero-order valence-corrected chi connectivity index (χ0v) is 34.0. The number of fused-ring (bicyclic) bond motifs is 4. The van der Waals surface area contributed by atoms with Crippen molar-refractivity contribution in [2.45, 2.75) is 19.3 Å². The van der Waals surface area contributed by atoms with Gasteiger partial charge in [-0.05, 0) is 138 Å². The van der Waals surface area contributed by atoms with E-state index in [0.717, 1.165) is 28.4 Å². The monoisotopic (exact) mass is 771 g/mol. The van der Waals surface area contributed by atoms with Gasteiger partial charge in [0, 0.05) is 22.5 Å². The fourth-order valence-corrected chi connectivity index (χ4v) is 8.85. The molecule has 0 aliphatic heterocycles. The van der Waals surface area contributed by atoms with Gasteiger partial charge in [-0.2, -0.15) is 0 Å². The van der Waals surface area contributed by atoms with Crippen molar-refractivity contribution >= 4 is 27.8 Å². The molecule has 0 amide bonds. The Bertz CT molecular complexity index is 2980. The Labute approximate surface area is 353 Å². The minimum absolute atomic E-state index is 0.187. The zero-order valence-electron chi connectivity index (χ0n) is 34.0. The summed E-state index contributed by atoms with van der Waals surface area (Å²) in [6, 6.07) is 75.0. The lowest BCUT2D eigenvalue weighted by Crippen LogP contribution is -2.16. The van der Waals surface area contributed by atoms with Crippen molar-refractivity contribution in [3.63, 3.8) is 0 Å². The van der Waals surface area contributed by atoms with E-state index in [2.05, 4.69) is 219 Å². The highest BCUT2D eigenvalue weighted by atomic mass is 16.5. The molecule has 0 atom stereocenters. The lowest BCUT2D eigenvalue weighted by atomic mass is 9.81. The van der Waals surface area contributed by atoms with Crippen LogP contribution in [-0.2, 0) is 5.41 Å². The summed E-state index contributed by atoms with van der Waals surface area (Å²) in [5.74, 6) is 0.844. The number of rotatable bonds is 10. The SMILES string of the molecule is C=CCOc1ccc(-c2ccc(-c3ccc(N(c4ccc(-c5ccccc5)cc4)c4ccc5c(c4)C(C)(C)c4cc(-c6ccc7ccccc7c6)ccc4-5)cc3)cc2)cc1. The van der Waals surface area contributed by atoms with Crippen molar-refractivity contribution in [1.82, 2.24) is 0 Å². The normalized spacial score (nSPS) is 12.4. The Kier molecular flexibility index (Phi) is 9.47. The topological polar surface area (TPSA) is 12.5 Å². The molecule has 0 bridgehead atoms. The summed E-state index contributed by atoms with van der Waals surface area (Å²) in [5.41, 5.74) is 18.1. The molecule has 0 radical (unpaired) electrons. The predicted octanol–water partition coefficient (Wildman–Crippen LogP) is 15.8. The second-order valence-electron chi connectivity index (χ2n) is 16.2. The number of ether oxygens (including phenoxy) is 1. The van der Waals surface area contributed by atoms with Gasteiger partial charge < -0.3 is 9.64 Å². The van der Waals surface area contributed by atoms with Gasteiger partial charge in [-0.1, -0.05) is 172 Å². The van der Waals surface area contributed by atoms with Crippen molar-refractivity contribution in [3.8, 4) is 61.4 Å². The van der Waals surface area contributed by atoms with Crippen molar-refractivity contribution in [3.05, 3.63) is 230 Å². The Morgan fingerprint density at radius 1 is 0.417 bits per heavy atom. The van der Waals surface area contributed by atoms with Crippen LogP contribution in [0.25, 0.3) is 66.4 Å². The lowest BCUT2D eigenvalue weighted by Gasteiger charge is -2.28. The van der Waals surface area contributed by atoms with Crippen LogP contribution in [0.4, 0.5) is 17.1 Å². The highest BCUT2D eigenvalue weighted by Gasteiger charge is 2.36. The molecule has 0 spiro atoms. The third kappa shape index (κ3) is 6.86. The van der Waals surface area contributed by atoms with Crippen LogP contribution in [0.1, 0.15) is 25.0 Å². The lowest BCUT2D eigenvalue weighted by molar-refractivity contribution is 0.363. The van der Waals surface area contributed by atoms with E-state index in [0.29, 0.717) is 6.61 Å². The third-order valence-electron chi connectivity index (χ3n) is 12.1. The van der Waals surface area contributed by atoms with Gasteiger partial charge in [-0.15, -0.1) is 0 Å². The van der Waals surface area contributed by atoms with Crippen LogP contribution in [0, 0.1) is 0 Å². The third-order valence-corrected chi connectivity index (χ3v) is 12.1. The van der Waals surface area contributed by atoms with E-state index in [1.807, 2.05) is 12.1 Å². The highest BCUT2D eigenvalue weighted by molar-refractivity contribution is 5.90. The van der Waals surface area contributed by atoms with Crippen LogP contribution in [0.2, 0.25) is 0 Å². The molecule has 288 valence electrons. The molecule has 9 aromatic rings. The van der Waals surface area contributed by atoms with Crippen molar-refractivity contribution < 1.29 is 4.74 Å². The maximum absolute atomic E-state index is 5.68. The predicted molar refractivity (Wildman–Crippen MR) is 254 cm³/mol. The van der Waals surface area contributed by atoms with E-state index >= 15 is 0 Å². The molecule has 0 N–H and O–H groups in total. The second kappa shape index (κ2) is 15.4. The zero-order chi connectivity index (χ0) is 40.6. The first-order chi connectivity index (χ1) is 29.4. The van der Waals surface area contributed by atoms with Crippen LogP contribution in [0.3, 0.4) is 0 Å².